The van der Waals surface area contributed by atoms with Crippen molar-refractivity contribution in [3.63, 3.8) is 0 Å². The van der Waals surface area contributed by atoms with Gasteiger partial charge in [-0.1, -0.05) is 6.07 Å². The fraction of sp³-hybridized carbons (Fsp3) is 0.200. The molecular formula is C25H21FN4O3. The fourth-order valence-corrected chi connectivity index (χ4v) is 3.69. The number of ether oxygens (including phenoxy) is 1. The average Bonchev–Trinajstić information content (AvgIpc) is 3.17. The smallest absolute Gasteiger partial charge is 0.237 e. The van der Waals surface area contributed by atoms with E-state index in [-0.39, 0.29) is 36.3 Å². The lowest BCUT2D eigenvalue weighted by Crippen LogP contribution is -2.28. The van der Waals surface area contributed by atoms with E-state index in [0.29, 0.717) is 17.0 Å². The molecule has 7 nitrogen and oxygen atoms in total. The van der Waals surface area contributed by atoms with E-state index in [9.17, 15) is 14.0 Å². The van der Waals surface area contributed by atoms with E-state index in [0.717, 1.165) is 11.1 Å². The second-order valence-corrected chi connectivity index (χ2v) is 7.90. The van der Waals surface area contributed by atoms with Crippen LogP contribution >= 0.6 is 0 Å². The number of nitrogens with zero attached hydrogens (tertiary/aromatic N) is 3. The first-order chi connectivity index (χ1) is 15.9. The Morgan fingerprint density at radius 1 is 1.24 bits per heavy atom. The van der Waals surface area contributed by atoms with Gasteiger partial charge in [-0.15, -0.1) is 0 Å². The zero-order chi connectivity index (χ0) is 23.5. The zero-order valence-corrected chi connectivity index (χ0v) is 18.1. The number of hydrogen-bond donors (Lipinski definition) is 1. The van der Waals surface area contributed by atoms with Crippen LogP contribution in [0.2, 0.25) is 0 Å². The summed E-state index contributed by atoms with van der Waals surface area (Å²) in [6.07, 6.45) is 1.54. The number of nitriles is 1. The van der Waals surface area contributed by atoms with Crippen LogP contribution in [0.25, 0.3) is 0 Å². The fourth-order valence-electron chi connectivity index (χ4n) is 3.69. The third-order valence-corrected chi connectivity index (χ3v) is 5.45. The van der Waals surface area contributed by atoms with Crippen molar-refractivity contribution >= 4 is 23.2 Å². The van der Waals surface area contributed by atoms with E-state index in [1.165, 1.54) is 17.2 Å². The average molecular weight is 444 g/mol. The van der Waals surface area contributed by atoms with E-state index in [2.05, 4.69) is 10.3 Å². The highest BCUT2D eigenvalue weighted by Gasteiger charge is 2.36. The molecule has 1 aromatic heterocycles. The van der Waals surface area contributed by atoms with Crippen molar-refractivity contribution in [1.29, 1.82) is 5.26 Å². The molecule has 1 aliphatic rings. The molecule has 1 atom stereocenters. The van der Waals surface area contributed by atoms with E-state index in [1.54, 1.807) is 56.3 Å². The zero-order valence-electron chi connectivity index (χ0n) is 18.1. The third kappa shape index (κ3) is 4.67. The van der Waals surface area contributed by atoms with E-state index < -0.39 is 11.7 Å². The monoisotopic (exact) mass is 444 g/mol. The lowest BCUT2D eigenvalue weighted by Gasteiger charge is -2.18. The number of aryl methyl sites for hydroxylation is 2. The number of nitrogens with one attached hydrogen (secondary N) is 1. The normalized spacial score (nSPS) is 15.3. The van der Waals surface area contributed by atoms with Gasteiger partial charge in [0.05, 0.1) is 11.6 Å². The van der Waals surface area contributed by atoms with Crippen LogP contribution in [-0.4, -0.2) is 23.3 Å². The first-order valence-corrected chi connectivity index (χ1v) is 10.4. The highest BCUT2D eigenvalue weighted by molar-refractivity contribution is 6.03. The molecule has 0 saturated carbocycles. The minimum atomic E-state index is -0.597. The second-order valence-electron chi connectivity index (χ2n) is 7.90. The van der Waals surface area contributed by atoms with Crippen molar-refractivity contribution in [2.45, 2.75) is 20.3 Å². The minimum Gasteiger partial charge on any atom is -0.438 e. The predicted molar refractivity (Wildman–Crippen MR) is 120 cm³/mol. The van der Waals surface area contributed by atoms with E-state index in [4.69, 9.17) is 10.00 Å². The standard InChI is InChI=1S/C25H21FN4O3/c1-15-5-8-22(20(26)10-15)30-14-18(12-23(30)31)24(32)29-21-7-6-19(11-16(21)2)33-25-17(13-27)4-3-9-28-25/h3-11,18H,12,14H2,1-2H3,(H,29,32). The number of pyridine rings is 1. The third-order valence-electron chi connectivity index (χ3n) is 5.45. The maximum atomic E-state index is 14.3. The molecule has 1 fully saturated rings. The summed E-state index contributed by atoms with van der Waals surface area (Å²) in [6.45, 7) is 3.69. The van der Waals surface area contributed by atoms with Crippen molar-refractivity contribution in [3.05, 3.63) is 77.2 Å². The van der Waals surface area contributed by atoms with Crippen LogP contribution < -0.4 is 15.0 Å². The lowest BCUT2D eigenvalue weighted by molar-refractivity contribution is -0.122. The Kier molecular flexibility index (Phi) is 6.05. The molecule has 0 spiro atoms. The van der Waals surface area contributed by atoms with Gasteiger partial charge in [0, 0.05) is 24.8 Å². The van der Waals surface area contributed by atoms with Crippen LogP contribution in [0.4, 0.5) is 15.8 Å². The molecule has 2 amide bonds. The number of carbonyl (C=O) groups is 2. The van der Waals surface area contributed by atoms with Gasteiger partial charge in [0.2, 0.25) is 17.7 Å². The molecule has 0 aliphatic carbocycles. The second kappa shape index (κ2) is 9.09. The van der Waals surface area contributed by atoms with E-state index >= 15 is 0 Å². The Morgan fingerprint density at radius 3 is 2.79 bits per heavy atom. The minimum absolute atomic E-state index is 0.00993. The summed E-state index contributed by atoms with van der Waals surface area (Å²) in [5.74, 6) is -1.01. The highest BCUT2D eigenvalue weighted by atomic mass is 19.1. The van der Waals surface area contributed by atoms with Gasteiger partial charge in [0.25, 0.3) is 0 Å². The van der Waals surface area contributed by atoms with Crippen LogP contribution in [-0.2, 0) is 9.59 Å². The van der Waals surface area contributed by atoms with Gasteiger partial charge < -0.3 is 15.0 Å². The molecule has 166 valence electrons. The van der Waals surface area contributed by atoms with Gasteiger partial charge in [0.15, 0.2) is 0 Å². The number of benzene rings is 2. The number of carbonyl (C=O) groups excluding carboxylic acids is 2. The molecule has 1 aliphatic heterocycles. The summed E-state index contributed by atoms with van der Waals surface area (Å²) in [5.41, 5.74) is 2.56. The quantitative estimate of drug-likeness (QED) is 0.626. The van der Waals surface area contributed by atoms with Crippen molar-refractivity contribution in [2.24, 2.45) is 5.92 Å². The SMILES string of the molecule is Cc1ccc(N2CC(C(=O)Nc3ccc(Oc4ncccc4C#N)cc3C)CC2=O)c(F)c1. The molecule has 8 heteroatoms. The van der Waals surface area contributed by atoms with Gasteiger partial charge in [-0.2, -0.15) is 5.26 Å². The number of rotatable bonds is 5. The topological polar surface area (TPSA) is 95.3 Å². The molecule has 1 unspecified atom stereocenters. The van der Waals surface area contributed by atoms with Gasteiger partial charge in [0.1, 0.15) is 23.2 Å². The lowest BCUT2D eigenvalue weighted by atomic mass is 10.1. The summed E-state index contributed by atoms with van der Waals surface area (Å²) in [4.78, 5) is 30.7. The van der Waals surface area contributed by atoms with Gasteiger partial charge in [-0.05, 0) is 67.4 Å². The molecular weight excluding hydrogens is 423 g/mol. The molecule has 1 N–H and O–H groups in total. The van der Waals surface area contributed by atoms with Crippen LogP contribution in [0, 0.1) is 36.9 Å². The molecule has 2 heterocycles. The molecule has 4 rings (SSSR count). The van der Waals surface area contributed by atoms with Crippen molar-refractivity contribution in [2.75, 3.05) is 16.8 Å². The van der Waals surface area contributed by atoms with Crippen LogP contribution in [0.1, 0.15) is 23.1 Å². The summed E-state index contributed by atoms with van der Waals surface area (Å²) >= 11 is 0. The maximum absolute atomic E-state index is 14.3. The Labute approximate surface area is 190 Å². The van der Waals surface area contributed by atoms with Crippen LogP contribution in [0.5, 0.6) is 11.6 Å². The van der Waals surface area contributed by atoms with Gasteiger partial charge in [-0.25, -0.2) is 9.37 Å². The molecule has 3 aromatic rings. The summed E-state index contributed by atoms with van der Waals surface area (Å²) in [6, 6.07) is 15.0. The van der Waals surface area contributed by atoms with Crippen molar-refractivity contribution < 1.29 is 18.7 Å². The largest absolute Gasteiger partial charge is 0.438 e. The summed E-state index contributed by atoms with van der Waals surface area (Å²) in [5, 5.41) is 12.0. The van der Waals surface area contributed by atoms with Gasteiger partial charge >= 0.3 is 0 Å². The number of anilines is 2. The summed E-state index contributed by atoms with van der Waals surface area (Å²) in [7, 11) is 0. The number of amides is 2. The molecule has 33 heavy (non-hydrogen) atoms. The first-order valence-electron chi connectivity index (χ1n) is 10.4. The summed E-state index contributed by atoms with van der Waals surface area (Å²) < 4.78 is 20.0. The van der Waals surface area contributed by atoms with Crippen LogP contribution in [0.15, 0.2) is 54.7 Å². The van der Waals surface area contributed by atoms with Crippen LogP contribution in [0.3, 0.4) is 0 Å². The Morgan fingerprint density at radius 2 is 2.06 bits per heavy atom. The predicted octanol–water partition coefficient (Wildman–Crippen LogP) is 4.49. The molecule has 0 radical (unpaired) electrons. The Balaban J connectivity index is 1.44. The maximum Gasteiger partial charge on any atom is 0.237 e. The number of hydrogen-bond acceptors (Lipinski definition) is 5. The van der Waals surface area contributed by atoms with Crippen molar-refractivity contribution in [3.8, 4) is 17.7 Å². The van der Waals surface area contributed by atoms with E-state index in [1.807, 2.05) is 6.07 Å². The first kappa shape index (κ1) is 22.0. The molecule has 1 saturated heterocycles. The Hall–Kier alpha value is -4.25. The Bertz CT molecular complexity index is 1280. The molecule has 0 bridgehead atoms. The van der Waals surface area contributed by atoms with Crippen molar-refractivity contribution in [1.82, 2.24) is 4.98 Å². The molecule has 2 aromatic carbocycles. The number of aromatic nitrogens is 1. The highest BCUT2D eigenvalue weighted by Crippen LogP contribution is 2.30. The number of halogens is 1. The van der Waals surface area contributed by atoms with Gasteiger partial charge in [-0.3, -0.25) is 9.59 Å².